The Morgan fingerprint density at radius 1 is 1.50 bits per heavy atom. The SMILES string of the molecule is CC(C)NCC1(Cc2cncc(Br)c2)CCOC1. The van der Waals surface area contributed by atoms with E-state index in [1.807, 2.05) is 12.4 Å². The van der Waals surface area contributed by atoms with Gasteiger partial charge in [0.05, 0.1) is 6.61 Å². The average Bonchev–Trinajstić information content (AvgIpc) is 2.76. The molecular weight excluding hydrogens is 292 g/mol. The fourth-order valence-electron chi connectivity index (χ4n) is 2.40. The third-order valence-corrected chi connectivity index (χ3v) is 3.84. The number of aromatic nitrogens is 1. The predicted molar refractivity (Wildman–Crippen MR) is 76.6 cm³/mol. The van der Waals surface area contributed by atoms with Gasteiger partial charge in [0.1, 0.15) is 0 Å². The van der Waals surface area contributed by atoms with E-state index in [1.54, 1.807) is 0 Å². The lowest BCUT2D eigenvalue weighted by Crippen LogP contribution is -2.39. The van der Waals surface area contributed by atoms with E-state index in [9.17, 15) is 0 Å². The molecule has 0 saturated carbocycles. The summed E-state index contributed by atoms with van der Waals surface area (Å²) >= 11 is 3.48. The predicted octanol–water partition coefficient (Wildman–Crippen LogP) is 2.79. The summed E-state index contributed by atoms with van der Waals surface area (Å²) < 4.78 is 6.67. The minimum atomic E-state index is 0.229. The first kappa shape index (κ1) is 14.0. The fourth-order valence-corrected chi connectivity index (χ4v) is 2.81. The molecule has 2 heterocycles. The molecular formula is C14H21BrN2O. The quantitative estimate of drug-likeness (QED) is 0.908. The molecule has 1 aromatic rings. The first-order valence-corrected chi connectivity index (χ1v) is 7.30. The lowest BCUT2D eigenvalue weighted by molar-refractivity contribution is 0.148. The lowest BCUT2D eigenvalue weighted by atomic mass is 9.81. The summed E-state index contributed by atoms with van der Waals surface area (Å²) in [6.07, 6.45) is 5.94. The largest absolute Gasteiger partial charge is 0.381 e. The normalized spacial score (nSPS) is 23.8. The first-order valence-electron chi connectivity index (χ1n) is 6.50. The van der Waals surface area contributed by atoms with Crippen LogP contribution in [0.4, 0.5) is 0 Å². The van der Waals surface area contributed by atoms with Crippen LogP contribution in [0.25, 0.3) is 0 Å². The van der Waals surface area contributed by atoms with E-state index in [4.69, 9.17) is 4.74 Å². The van der Waals surface area contributed by atoms with Gasteiger partial charge in [0.25, 0.3) is 0 Å². The molecule has 0 amide bonds. The van der Waals surface area contributed by atoms with Crippen LogP contribution in [-0.4, -0.2) is 30.8 Å². The average molecular weight is 313 g/mol. The monoisotopic (exact) mass is 312 g/mol. The lowest BCUT2D eigenvalue weighted by Gasteiger charge is -2.29. The zero-order valence-corrected chi connectivity index (χ0v) is 12.7. The molecule has 1 aromatic heterocycles. The van der Waals surface area contributed by atoms with Gasteiger partial charge < -0.3 is 10.1 Å². The number of rotatable bonds is 5. The Bertz CT molecular complexity index is 389. The molecule has 0 aliphatic carbocycles. The molecule has 2 rings (SSSR count). The van der Waals surface area contributed by atoms with Crippen LogP contribution in [-0.2, 0) is 11.2 Å². The number of nitrogens with one attached hydrogen (secondary N) is 1. The van der Waals surface area contributed by atoms with Crippen molar-refractivity contribution in [2.75, 3.05) is 19.8 Å². The molecule has 1 unspecified atom stereocenters. The Morgan fingerprint density at radius 2 is 2.33 bits per heavy atom. The molecule has 0 aromatic carbocycles. The standard InChI is InChI=1S/C14H21BrN2O/c1-11(2)17-9-14(3-4-18-10-14)6-12-5-13(15)8-16-7-12/h5,7-8,11,17H,3-4,6,9-10H2,1-2H3. The summed E-state index contributed by atoms with van der Waals surface area (Å²) in [4.78, 5) is 4.24. The molecule has 1 atom stereocenters. The van der Waals surface area contributed by atoms with E-state index < -0.39 is 0 Å². The van der Waals surface area contributed by atoms with Crippen molar-refractivity contribution in [3.8, 4) is 0 Å². The van der Waals surface area contributed by atoms with E-state index in [0.717, 1.165) is 37.1 Å². The van der Waals surface area contributed by atoms with Crippen molar-refractivity contribution in [2.24, 2.45) is 5.41 Å². The van der Waals surface area contributed by atoms with Crippen molar-refractivity contribution >= 4 is 15.9 Å². The minimum absolute atomic E-state index is 0.229. The van der Waals surface area contributed by atoms with Gasteiger partial charge in [-0.2, -0.15) is 0 Å². The smallest absolute Gasteiger partial charge is 0.0538 e. The maximum absolute atomic E-state index is 5.62. The summed E-state index contributed by atoms with van der Waals surface area (Å²) in [5, 5.41) is 3.55. The Balaban J connectivity index is 2.06. The number of hydrogen-bond donors (Lipinski definition) is 1. The van der Waals surface area contributed by atoms with Crippen molar-refractivity contribution < 1.29 is 4.74 Å². The Kier molecular flexibility index (Phi) is 4.76. The van der Waals surface area contributed by atoms with Crippen LogP contribution < -0.4 is 5.32 Å². The van der Waals surface area contributed by atoms with E-state index in [1.165, 1.54) is 5.56 Å². The van der Waals surface area contributed by atoms with Gasteiger partial charge in [-0.05, 0) is 40.4 Å². The zero-order valence-electron chi connectivity index (χ0n) is 11.1. The zero-order chi connectivity index (χ0) is 13.0. The van der Waals surface area contributed by atoms with Crippen LogP contribution in [0.3, 0.4) is 0 Å². The summed E-state index contributed by atoms with van der Waals surface area (Å²) in [6, 6.07) is 2.67. The van der Waals surface area contributed by atoms with Gasteiger partial charge in [-0.25, -0.2) is 0 Å². The van der Waals surface area contributed by atoms with E-state index in [0.29, 0.717) is 6.04 Å². The Labute approximate surface area is 117 Å². The van der Waals surface area contributed by atoms with Crippen molar-refractivity contribution in [2.45, 2.75) is 32.7 Å². The second-order valence-corrected chi connectivity index (χ2v) is 6.44. The molecule has 3 nitrogen and oxygen atoms in total. The minimum Gasteiger partial charge on any atom is -0.381 e. The van der Waals surface area contributed by atoms with Gasteiger partial charge in [-0.3, -0.25) is 4.98 Å². The summed E-state index contributed by atoms with van der Waals surface area (Å²) in [7, 11) is 0. The molecule has 0 radical (unpaired) electrons. The highest BCUT2D eigenvalue weighted by Crippen LogP contribution is 2.32. The summed E-state index contributed by atoms with van der Waals surface area (Å²) in [5.41, 5.74) is 1.51. The molecule has 0 spiro atoms. The third-order valence-electron chi connectivity index (χ3n) is 3.41. The molecule has 0 bridgehead atoms. The number of ether oxygens (including phenoxy) is 1. The van der Waals surface area contributed by atoms with Crippen LogP contribution in [0.15, 0.2) is 22.9 Å². The van der Waals surface area contributed by atoms with Gasteiger partial charge in [-0.1, -0.05) is 13.8 Å². The van der Waals surface area contributed by atoms with Gasteiger partial charge in [0.2, 0.25) is 0 Å². The molecule has 1 fully saturated rings. The highest BCUT2D eigenvalue weighted by molar-refractivity contribution is 9.10. The molecule has 18 heavy (non-hydrogen) atoms. The van der Waals surface area contributed by atoms with E-state index >= 15 is 0 Å². The van der Waals surface area contributed by atoms with Crippen LogP contribution in [0.2, 0.25) is 0 Å². The van der Waals surface area contributed by atoms with Crippen molar-refractivity contribution in [1.82, 2.24) is 10.3 Å². The van der Waals surface area contributed by atoms with Crippen LogP contribution in [0.1, 0.15) is 25.8 Å². The number of pyridine rings is 1. The highest BCUT2D eigenvalue weighted by Gasteiger charge is 2.35. The molecule has 1 N–H and O–H groups in total. The fraction of sp³-hybridized carbons (Fsp3) is 0.643. The van der Waals surface area contributed by atoms with Crippen molar-refractivity contribution in [1.29, 1.82) is 0 Å². The van der Waals surface area contributed by atoms with Crippen LogP contribution in [0.5, 0.6) is 0 Å². The Morgan fingerprint density at radius 3 is 2.94 bits per heavy atom. The first-order chi connectivity index (χ1) is 8.60. The topological polar surface area (TPSA) is 34.2 Å². The number of nitrogens with zero attached hydrogens (tertiary/aromatic N) is 1. The second-order valence-electron chi connectivity index (χ2n) is 5.53. The third kappa shape index (κ3) is 3.77. The number of hydrogen-bond acceptors (Lipinski definition) is 3. The van der Waals surface area contributed by atoms with Gasteiger partial charge in [0, 0.05) is 41.5 Å². The maximum Gasteiger partial charge on any atom is 0.0538 e. The van der Waals surface area contributed by atoms with Gasteiger partial charge >= 0.3 is 0 Å². The van der Waals surface area contributed by atoms with Gasteiger partial charge in [-0.15, -0.1) is 0 Å². The molecule has 1 saturated heterocycles. The van der Waals surface area contributed by atoms with Crippen molar-refractivity contribution in [3.63, 3.8) is 0 Å². The number of halogens is 1. The molecule has 1 aliphatic rings. The van der Waals surface area contributed by atoms with E-state index in [2.05, 4.69) is 46.1 Å². The van der Waals surface area contributed by atoms with Crippen molar-refractivity contribution in [3.05, 3.63) is 28.5 Å². The van der Waals surface area contributed by atoms with E-state index in [-0.39, 0.29) is 5.41 Å². The molecule has 1 aliphatic heterocycles. The summed E-state index contributed by atoms with van der Waals surface area (Å²) in [6.45, 7) is 7.10. The molecule has 100 valence electrons. The maximum atomic E-state index is 5.62. The van der Waals surface area contributed by atoms with Gasteiger partial charge in [0.15, 0.2) is 0 Å². The highest BCUT2D eigenvalue weighted by atomic mass is 79.9. The second kappa shape index (κ2) is 6.13. The Hall–Kier alpha value is -0.450. The van der Waals surface area contributed by atoms with Crippen LogP contribution in [0, 0.1) is 5.41 Å². The van der Waals surface area contributed by atoms with Crippen LogP contribution >= 0.6 is 15.9 Å². The summed E-state index contributed by atoms with van der Waals surface area (Å²) in [5.74, 6) is 0. The molecule has 4 heteroatoms.